The summed E-state index contributed by atoms with van der Waals surface area (Å²) in [5.74, 6) is 0. The highest BCUT2D eigenvalue weighted by Crippen LogP contribution is 2.11. The van der Waals surface area contributed by atoms with Crippen LogP contribution in [0.5, 0.6) is 0 Å². The number of imidazole rings is 1. The first-order valence-corrected chi connectivity index (χ1v) is 5.23. The molecular formula is C11H14N4O. The highest BCUT2D eigenvalue weighted by atomic mass is 16.1. The number of rotatable bonds is 2. The Morgan fingerprint density at radius 2 is 2.25 bits per heavy atom. The van der Waals surface area contributed by atoms with Crippen LogP contribution in [0.25, 0.3) is 17.4 Å². The molecule has 0 unspecified atom stereocenters. The molecule has 0 saturated carbocycles. The molecule has 0 fully saturated rings. The molecule has 0 radical (unpaired) electrons. The average Bonchev–Trinajstić information content (AvgIpc) is 2.53. The summed E-state index contributed by atoms with van der Waals surface area (Å²) in [5.41, 5.74) is 1.73. The van der Waals surface area contributed by atoms with Crippen molar-refractivity contribution in [1.82, 2.24) is 19.5 Å². The highest BCUT2D eigenvalue weighted by molar-refractivity contribution is 5.67. The fourth-order valence-electron chi connectivity index (χ4n) is 1.64. The summed E-state index contributed by atoms with van der Waals surface area (Å²) >= 11 is 0. The lowest BCUT2D eigenvalue weighted by Gasteiger charge is -2.05. The summed E-state index contributed by atoms with van der Waals surface area (Å²) in [6.07, 6.45) is 5.39. The molecule has 5 heteroatoms. The maximum Gasteiger partial charge on any atom is 0.329 e. The Balaban J connectivity index is 2.74. The van der Waals surface area contributed by atoms with Crippen LogP contribution in [0, 0.1) is 0 Å². The molecule has 2 heterocycles. The Hall–Kier alpha value is -1.91. The average molecular weight is 218 g/mol. The van der Waals surface area contributed by atoms with E-state index in [-0.39, 0.29) is 11.7 Å². The van der Waals surface area contributed by atoms with Gasteiger partial charge in [0, 0.05) is 6.04 Å². The second-order valence-electron chi connectivity index (χ2n) is 3.86. The number of nitrogens with one attached hydrogen (secondary N) is 1. The number of hydrogen-bond donors (Lipinski definition) is 1. The van der Waals surface area contributed by atoms with Gasteiger partial charge < -0.3 is 0 Å². The number of allylic oxidation sites excluding steroid dienone is 1. The number of aromatic amines is 1. The van der Waals surface area contributed by atoms with Gasteiger partial charge >= 0.3 is 5.69 Å². The van der Waals surface area contributed by atoms with E-state index in [1.165, 1.54) is 0 Å². The molecule has 0 bridgehead atoms. The van der Waals surface area contributed by atoms with Crippen LogP contribution >= 0.6 is 0 Å². The van der Waals surface area contributed by atoms with Crippen LogP contribution in [0.4, 0.5) is 0 Å². The van der Waals surface area contributed by atoms with Crippen molar-refractivity contribution in [3.63, 3.8) is 0 Å². The summed E-state index contributed by atoms with van der Waals surface area (Å²) < 4.78 is 1.61. The maximum atomic E-state index is 11.7. The molecule has 16 heavy (non-hydrogen) atoms. The smallest absolute Gasteiger partial charge is 0.289 e. The molecule has 0 atom stereocenters. The molecule has 84 valence electrons. The molecule has 0 aliphatic heterocycles. The van der Waals surface area contributed by atoms with Gasteiger partial charge in [-0.25, -0.2) is 14.8 Å². The van der Waals surface area contributed by atoms with E-state index in [2.05, 4.69) is 15.0 Å². The van der Waals surface area contributed by atoms with Crippen LogP contribution in [0.15, 0.2) is 17.1 Å². The molecule has 5 nitrogen and oxygen atoms in total. The van der Waals surface area contributed by atoms with E-state index in [1.807, 2.05) is 32.9 Å². The van der Waals surface area contributed by atoms with Crippen molar-refractivity contribution < 1.29 is 0 Å². The van der Waals surface area contributed by atoms with Gasteiger partial charge in [0.2, 0.25) is 0 Å². The van der Waals surface area contributed by atoms with Gasteiger partial charge in [-0.15, -0.1) is 0 Å². The summed E-state index contributed by atoms with van der Waals surface area (Å²) in [4.78, 5) is 22.9. The predicted octanol–water partition coefficient (Wildman–Crippen LogP) is 1.73. The zero-order valence-electron chi connectivity index (χ0n) is 9.56. The monoisotopic (exact) mass is 218 g/mol. The Bertz CT molecular complexity index is 592. The van der Waals surface area contributed by atoms with Crippen LogP contribution < -0.4 is 5.69 Å². The van der Waals surface area contributed by atoms with Crippen molar-refractivity contribution >= 4 is 17.4 Å². The van der Waals surface area contributed by atoms with Gasteiger partial charge in [0.15, 0.2) is 11.3 Å². The molecule has 0 amide bonds. The first-order valence-electron chi connectivity index (χ1n) is 5.23. The van der Waals surface area contributed by atoms with Gasteiger partial charge in [0.05, 0.1) is 11.9 Å². The van der Waals surface area contributed by atoms with Crippen molar-refractivity contribution in [2.24, 2.45) is 0 Å². The third-order valence-corrected chi connectivity index (χ3v) is 2.30. The van der Waals surface area contributed by atoms with Crippen molar-refractivity contribution in [3.05, 3.63) is 28.5 Å². The van der Waals surface area contributed by atoms with Crippen LogP contribution in [0.1, 0.15) is 32.5 Å². The number of aromatic nitrogens is 4. The molecule has 2 aromatic heterocycles. The number of H-pyrrole nitrogens is 1. The van der Waals surface area contributed by atoms with Crippen molar-refractivity contribution in [2.45, 2.75) is 26.8 Å². The van der Waals surface area contributed by atoms with Crippen LogP contribution in [0.2, 0.25) is 0 Å². The summed E-state index contributed by atoms with van der Waals surface area (Å²) in [6.45, 7) is 5.80. The van der Waals surface area contributed by atoms with Crippen LogP contribution in [-0.4, -0.2) is 19.5 Å². The lowest BCUT2D eigenvalue weighted by Crippen LogP contribution is -2.18. The van der Waals surface area contributed by atoms with Gasteiger partial charge in [-0.2, -0.15) is 0 Å². The van der Waals surface area contributed by atoms with Gasteiger partial charge in [0.25, 0.3) is 0 Å². The Morgan fingerprint density at radius 1 is 1.50 bits per heavy atom. The molecule has 0 aliphatic carbocycles. The van der Waals surface area contributed by atoms with Gasteiger partial charge in [-0.05, 0) is 26.8 Å². The first-order chi connectivity index (χ1) is 7.63. The van der Waals surface area contributed by atoms with Gasteiger partial charge in [0.1, 0.15) is 0 Å². The predicted molar refractivity (Wildman–Crippen MR) is 63.2 cm³/mol. The number of nitrogens with zero attached hydrogens (tertiary/aromatic N) is 3. The van der Waals surface area contributed by atoms with E-state index in [9.17, 15) is 4.79 Å². The van der Waals surface area contributed by atoms with Gasteiger partial charge in [-0.3, -0.25) is 9.55 Å². The number of fused-ring (bicyclic) bond motifs is 1. The molecule has 2 aromatic rings. The lowest BCUT2D eigenvalue weighted by molar-refractivity contribution is 0.593. The van der Waals surface area contributed by atoms with E-state index < -0.39 is 0 Å². The largest absolute Gasteiger partial charge is 0.329 e. The molecule has 1 N–H and O–H groups in total. The molecule has 0 aromatic carbocycles. The third-order valence-electron chi connectivity index (χ3n) is 2.30. The fourth-order valence-corrected chi connectivity index (χ4v) is 1.64. The van der Waals surface area contributed by atoms with Crippen molar-refractivity contribution in [3.8, 4) is 0 Å². The fraction of sp³-hybridized carbons (Fsp3) is 0.364. The van der Waals surface area contributed by atoms with E-state index >= 15 is 0 Å². The normalized spacial score (nSPS) is 12.0. The molecule has 0 saturated heterocycles. The van der Waals surface area contributed by atoms with E-state index in [1.54, 1.807) is 10.8 Å². The summed E-state index contributed by atoms with van der Waals surface area (Å²) in [6, 6.07) is 0.0661. The second kappa shape index (κ2) is 3.92. The van der Waals surface area contributed by atoms with Crippen LogP contribution in [0.3, 0.4) is 0 Å². The standard InChI is InChI=1S/C11H14N4O/c1-4-5-8-6-12-9-10(13-8)15(7(2)3)11(16)14-9/h4-7H,1-3H3,(H,12,14,16)/b5-4+. The molecule has 0 spiro atoms. The Kier molecular flexibility index (Phi) is 2.60. The topological polar surface area (TPSA) is 63.6 Å². The highest BCUT2D eigenvalue weighted by Gasteiger charge is 2.11. The van der Waals surface area contributed by atoms with Crippen molar-refractivity contribution in [2.75, 3.05) is 0 Å². The van der Waals surface area contributed by atoms with Gasteiger partial charge in [-0.1, -0.05) is 6.08 Å². The molecular weight excluding hydrogens is 204 g/mol. The number of hydrogen-bond acceptors (Lipinski definition) is 3. The minimum atomic E-state index is -0.164. The second-order valence-corrected chi connectivity index (χ2v) is 3.86. The molecule has 2 rings (SSSR count). The third kappa shape index (κ3) is 1.64. The summed E-state index contributed by atoms with van der Waals surface area (Å²) in [7, 11) is 0. The lowest BCUT2D eigenvalue weighted by atomic mass is 10.4. The van der Waals surface area contributed by atoms with E-state index in [4.69, 9.17) is 0 Å². The zero-order chi connectivity index (χ0) is 11.7. The minimum Gasteiger partial charge on any atom is -0.289 e. The quantitative estimate of drug-likeness (QED) is 0.835. The Morgan fingerprint density at radius 3 is 2.88 bits per heavy atom. The van der Waals surface area contributed by atoms with E-state index in [0.29, 0.717) is 11.3 Å². The maximum absolute atomic E-state index is 11.7. The van der Waals surface area contributed by atoms with Crippen LogP contribution in [-0.2, 0) is 0 Å². The zero-order valence-corrected chi connectivity index (χ0v) is 9.56. The first kappa shape index (κ1) is 10.6. The Labute approximate surface area is 92.9 Å². The summed E-state index contributed by atoms with van der Waals surface area (Å²) in [5, 5.41) is 0. The SMILES string of the molecule is C/C=C/c1cnc2[nH]c(=O)n(C(C)C)c2n1. The molecule has 0 aliphatic rings. The minimum absolute atomic E-state index is 0.0661. The van der Waals surface area contributed by atoms with E-state index in [0.717, 1.165) is 5.69 Å². The van der Waals surface area contributed by atoms with Crippen molar-refractivity contribution in [1.29, 1.82) is 0 Å².